The predicted octanol–water partition coefficient (Wildman–Crippen LogP) is 7.84. The molecule has 0 aliphatic heterocycles. The molecule has 0 radical (unpaired) electrons. The summed E-state index contributed by atoms with van der Waals surface area (Å²) >= 11 is 0. The molecule has 0 saturated heterocycles. The van der Waals surface area contributed by atoms with E-state index >= 15 is 0 Å². The molecule has 0 bridgehead atoms. The number of unbranched alkanes of at least 4 members (excludes halogenated alkanes) is 1. The second kappa shape index (κ2) is 32.5. The van der Waals surface area contributed by atoms with Gasteiger partial charge in [-0.05, 0) is 64.2 Å². The fourth-order valence-electron chi connectivity index (χ4n) is 4.46. The molecule has 0 amide bonds. The van der Waals surface area contributed by atoms with Crippen molar-refractivity contribution >= 4 is 17.9 Å². The molecule has 0 heterocycles. The highest BCUT2D eigenvalue weighted by Crippen LogP contribution is 2.09. The van der Waals surface area contributed by atoms with Crippen LogP contribution in [0.1, 0.15) is 97.3 Å². The van der Waals surface area contributed by atoms with E-state index in [1.165, 1.54) is 0 Å². The highest BCUT2D eigenvalue weighted by atomic mass is 16.6. The Labute approximate surface area is 303 Å². The maximum atomic E-state index is 12.5. The molecule has 8 nitrogen and oxygen atoms in total. The summed E-state index contributed by atoms with van der Waals surface area (Å²) in [6.45, 7) is 4.20. The first-order valence-corrected chi connectivity index (χ1v) is 18.3. The van der Waals surface area contributed by atoms with Crippen LogP contribution < -0.4 is 5.11 Å². The standard InChI is InChI=1S/C42H65NO7/c1-6-8-10-12-14-16-17-18-19-20-21-22-23-25-26-28-30-32-40(44)49-37-38(36-48-35-34-39(42(46)47)43(3,4)5)50-41(45)33-31-29-27-24-15-13-11-9-7-2/h8-11,14-16,18-19,21-22,24-26,29,31,38-39H,6-7,12-13,17,20,23,27-28,30,32-37H2,1-5H3/b10-8+,11-9+,16-14+,19-18+,22-21+,24-15+,26-25+,31-29+. The van der Waals surface area contributed by atoms with Crippen LogP contribution in [0.4, 0.5) is 0 Å². The van der Waals surface area contributed by atoms with E-state index in [1.807, 2.05) is 12.2 Å². The van der Waals surface area contributed by atoms with Gasteiger partial charge in [0.05, 0.1) is 46.7 Å². The molecule has 50 heavy (non-hydrogen) atoms. The number of nitrogens with zero attached hydrogens (tertiary/aromatic N) is 1. The SMILES string of the molecule is CC/C=C/C/C=C/C/C=C/C/C=C/C/C=C/CCCC(=O)OCC(COCCC(C(=O)[O-])[N+](C)(C)C)OC(=O)C/C=C/C/C=C/C/C=C/CC. The number of rotatable bonds is 30. The molecule has 0 fully saturated rings. The highest BCUT2D eigenvalue weighted by molar-refractivity contribution is 5.71. The number of ether oxygens (including phenoxy) is 3. The quantitative estimate of drug-likeness (QED) is 0.0327. The molecule has 2 atom stereocenters. The fourth-order valence-corrected chi connectivity index (χ4v) is 4.46. The summed E-state index contributed by atoms with van der Waals surface area (Å²) in [6.07, 6.45) is 42.0. The molecule has 0 aromatic rings. The van der Waals surface area contributed by atoms with Crippen molar-refractivity contribution in [2.45, 2.75) is 109 Å². The third-order valence-corrected chi connectivity index (χ3v) is 7.25. The first-order chi connectivity index (χ1) is 24.1. The van der Waals surface area contributed by atoms with E-state index in [-0.39, 0.29) is 49.5 Å². The summed E-state index contributed by atoms with van der Waals surface area (Å²) in [4.78, 5) is 36.5. The number of carbonyl (C=O) groups is 3. The van der Waals surface area contributed by atoms with Crippen molar-refractivity contribution in [1.82, 2.24) is 0 Å². The molecule has 8 heteroatoms. The second-order valence-corrected chi connectivity index (χ2v) is 12.7. The van der Waals surface area contributed by atoms with E-state index in [0.29, 0.717) is 12.8 Å². The molecular weight excluding hydrogens is 630 g/mol. The maximum Gasteiger partial charge on any atom is 0.310 e. The maximum absolute atomic E-state index is 12.5. The molecule has 280 valence electrons. The number of aliphatic carboxylic acids is 1. The minimum Gasteiger partial charge on any atom is -0.544 e. The molecule has 0 saturated carbocycles. The van der Waals surface area contributed by atoms with Gasteiger partial charge in [-0.15, -0.1) is 0 Å². The van der Waals surface area contributed by atoms with Gasteiger partial charge in [-0.1, -0.05) is 111 Å². The summed E-state index contributed by atoms with van der Waals surface area (Å²) in [5, 5.41) is 11.5. The van der Waals surface area contributed by atoms with Crippen molar-refractivity contribution in [3.63, 3.8) is 0 Å². The molecule has 0 spiro atoms. The average Bonchev–Trinajstić information content (AvgIpc) is 3.06. The van der Waals surface area contributed by atoms with Gasteiger partial charge in [-0.2, -0.15) is 0 Å². The number of hydrogen-bond donors (Lipinski definition) is 0. The summed E-state index contributed by atoms with van der Waals surface area (Å²) in [6, 6.07) is -0.751. The van der Waals surface area contributed by atoms with Crippen molar-refractivity contribution < 1.29 is 38.2 Å². The van der Waals surface area contributed by atoms with E-state index in [1.54, 1.807) is 27.2 Å². The zero-order valence-electron chi connectivity index (χ0n) is 31.5. The number of allylic oxidation sites excluding steroid dienone is 15. The van der Waals surface area contributed by atoms with Gasteiger partial charge in [0.15, 0.2) is 6.10 Å². The minimum atomic E-state index is -1.15. The lowest BCUT2D eigenvalue weighted by Crippen LogP contribution is -2.55. The Kier molecular flexibility index (Phi) is 30.0. The Morgan fingerprint density at radius 1 is 0.620 bits per heavy atom. The van der Waals surface area contributed by atoms with Crippen LogP contribution in [0.3, 0.4) is 0 Å². The topological polar surface area (TPSA) is 102 Å². The Bertz CT molecular complexity index is 1140. The van der Waals surface area contributed by atoms with Gasteiger partial charge in [0.2, 0.25) is 0 Å². The number of carbonyl (C=O) groups excluding carboxylic acids is 3. The number of carboxylic acid groups (broad SMARTS) is 1. The van der Waals surface area contributed by atoms with Crippen LogP contribution in [0.2, 0.25) is 0 Å². The van der Waals surface area contributed by atoms with Crippen molar-refractivity contribution in [3.8, 4) is 0 Å². The van der Waals surface area contributed by atoms with Crippen LogP contribution in [-0.2, 0) is 28.6 Å². The molecule has 0 N–H and O–H groups in total. The van der Waals surface area contributed by atoms with E-state index in [0.717, 1.165) is 51.4 Å². The Balaban J connectivity index is 4.60. The zero-order chi connectivity index (χ0) is 37.1. The van der Waals surface area contributed by atoms with Gasteiger partial charge < -0.3 is 28.6 Å². The van der Waals surface area contributed by atoms with E-state index in [9.17, 15) is 19.5 Å². The monoisotopic (exact) mass is 695 g/mol. The number of likely N-dealkylation sites (N-methyl/N-ethyl adjacent to an activating group) is 1. The van der Waals surface area contributed by atoms with Gasteiger partial charge in [0.25, 0.3) is 0 Å². The fraction of sp³-hybridized carbons (Fsp3) is 0.548. The molecule has 0 aliphatic carbocycles. The Morgan fingerprint density at radius 3 is 1.54 bits per heavy atom. The third-order valence-electron chi connectivity index (χ3n) is 7.25. The largest absolute Gasteiger partial charge is 0.544 e. The number of esters is 2. The van der Waals surface area contributed by atoms with Gasteiger partial charge in [0.1, 0.15) is 12.6 Å². The lowest BCUT2D eigenvalue weighted by atomic mass is 10.1. The van der Waals surface area contributed by atoms with Gasteiger partial charge >= 0.3 is 11.9 Å². The first kappa shape index (κ1) is 46.2. The van der Waals surface area contributed by atoms with Gasteiger partial charge in [0, 0.05) is 12.8 Å². The Hall–Kier alpha value is -3.75. The van der Waals surface area contributed by atoms with Crippen LogP contribution in [0, 0.1) is 0 Å². The van der Waals surface area contributed by atoms with Gasteiger partial charge in [-0.25, -0.2) is 0 Å². The summed E-state index contributed by atoms with van der Waals surface area (Å²) in [5.74, 6) is -1.99. The minimum absolute atomic E-state index is 0.0201. The van der Waals surface area contributed by atoms with Crippen molar-refractivity contribution in [3.05, 3.63) is 97.2 Å². The van der Waals surface area contributed by atoms with Crippen LogP contribution in [0.15, 0.2) is 97.2 Å². The smallest absolute Gasteiger partial charge is 0.310 e. The summed E-state index contributed by atoms with van der Waals surface area (Å²) in [5.41, 5.74) is 0. The molecule has 0 aliphatic rings. The van der Waals surface area contributed by atoms with Gasteiger partial charge in [-0.3, -0.25) is 9.59 Å². The lowest BCUT2D eigenvalue weighted by molar-refractivity contribution is -0.889. The van der Waals surface area contributed by atoms with Crippen molar-refractivity contribution in [2.75, 3.05) is 41.0 Å². The van der Waals surface area contributed by atoms with E-state index in [4.69, 9.17) is 14.2 Å². The number of hydrogen-bond acceptors (Lipinski definition) is 7. The molecule has 0 aromatic carbocycles. The summed E-state index contributed by atoms with van der Waals surface area (Å²) in [7, 11) is 5.33. The van der Waals surface area contributed by atoms with Crippen LogP contribution >= 0.6 is 0 Å². The summed E-state index contributed by atoms with van der Waals surface area (Å²) < 4.78 is 16.8. The second-order valence-electron chi connectivity index (χ2n) is 12.7. The van der Waals surface area contributed by atoms with Crippen LogP contribution in [-0.4, -0.2) is 75.5 Å². The highest BCUT2D eigenvalue weighted by Gasteiger charge is 2.25. The number of carboxylic acids is 1. The average molecular weight is 696 g/mol. The third kappa shape index (κ3) is 30.3. The molecule has 0 aromatic heterocycles. The zero-order valence-corrected chi connectivity index (χ0v) is 31.5. The van der Waals surface area contributed by atoms with Crippen molar-refractivity contribution in [2.24, 2.45) is 0 Å². The van der Waals surface area contributed by atoms with Crippen molar-refractivity contribution in [1.29, 1.82) is 0 Å². The van der Waals surface area contributed by atoms with Crippen LogP contribution in [0.25, 0.3) is 0 Å². The van der Waals surface area contributed by atoms with E-state index in [2.05, 4.69) is 92.8 Å². The number of quaternary nitrogens is 1. The first-order valence-electron chi connectivity index (χ1n) is 18.3. The Morgan fingerprint density at radius 2 is 1.08 bits per heavy atom. The lowest BCUT2D eigenvalue weighted by Gasteiger charge is -2.34. The van der Waals surface area contributed by atoms with E-state index < -0.39 is 24.1 Å². The molecular formula is C42H65NO7. The molecule has 2 unspecified atom stereocenters. The molecule has 0 rings (SSSR count). The predicted molar refractivity (Wildman–Crippen MR) is 203 cm³/mol. The normalized spacial score (nSPS) is 14.2. The van der Waals surface area contributed by atoms with Crippen LogP contribution in [0.5, 0.6) is 0 Å².